The summed E-state index contributed by atoms with van der Waals surface area (Å²) >= 11 is 7.07. The topological polar surface area (TPSA) is 68.9 Å². The highest BCUT2D eigenvalue weighted by atomic mass is 35.5. The molecule has 3 aromatic heterocycles. The summed E-state index contributed by atoms with van der Waals surface area (Å²) in [6.07, 6.45) is 1.39. The number of nitrogens with zero attached hydrogens (tertiary/aromatic N) is 3. The predicted molar refractivity (Wildman–Crippen MR) is 103 cm³/mol. The van der Waals surface area contributed by atoms with E-state index < -0.39 is 30.3 Å². The van der Waals surface area contributed by atoms with E-state index in [2.05, 4.69) is 22.3 Å². The number of hydrogen-bond acceptors (Lipinski definition) is 4. The Kier molecular flexibility index (Phi) is 6.10. The number of pyridine rings is 1. The Labute approximate surface area is 171 Å². The van der Waals surface area contributed by atoms with Crippen LogP contribution in [0.4, 0.5) is 18.9 Å². The molecule has 29 heavy (non-hydrogen) atoms. The maximum atomic E-state index is 13.7. The number of hydrogen-bond donors (Lipinski definition) is 1. The molecule has 0 aromatic carbocycles. The van der Waals surface area contributed by atoms with Crippen LogP contribution in [0.1, 0.15) is 20.8 Å². The SMILES string of the molecule is Cn1cc(C#Cc2cc(C(=O)Nc3cc(F)c(=O)n(CC(F)F)c3)sc2Cl)cn1. The van der Waals surface area contributed by atoms with Crippen LogP contribution in [-0.2, 0) is 13.6 Å². The van der Waals surface area contributed by atoms with E-state index in [-0.39, 0.29) is 14.9 Å². The smallest absolute Gasteiger partial charge is 0.286 e. The second kappa shape index (κ2) is 8.55. The minimum Gasteiger partial charge on any atom is -0.320 e. The molecule has 0 aliphatic rings. The lowest BCUT2D eigenvalue weighted by Gasteiger charge is -2.09. The Hall–Kier alpha value is -3.03. The van der Waals surface area contributed by atoms with Crippen molar-refractivity contribution in [1.29, 1.82) is 0 Å². The van der Waals surface area contributed by atoms with Gasteiger partial charge in [0.15, 0.2) is 5.82 Å². The first-order chi connectivity index (χ1) is 13.7. The summed E-state index contributed by atoms with van der Waals surface area (Å²) in [6, 6.07) is 2.22. The van der Waals surface area contributed by atoms with E-state index in [1.165, 1.54) is 6.07 Å². The third-order valence-electron chi connectivity index (χ3n) is 3.59. The highest BCUT2D eigenvalue weighted by Gasteiger charge is 2.16. The summed E-state index contributed by atoms with van der Waals surface area (Å²) in [4.78, 5) is 24.1. The minimum absolute atomic E-state index is 0.139. The minimum atomic E-state index is -2.85. The van der Waals surface area contributed by atoms with Crippen molar-refractivity contribution in [1.82, 2.24) is 14.3 Å². The summed E-state index contributed by atoms with van der Waals surface area (Å²) in [7, 11) is 1.75. The van der Waals surface area contributed by atoms with Crippen molar-refractivity contribution in [3.05, 3.63) is 67.2 Å². The number of thiophene rings is 1. The highest BCUT2D eigenvalue weighted by Crippen LogP contribution is 2.27. The van der Waals surface area contributed by atoms with Crippen molar-refractivity contribution in [3.8, 4) is 11.8 Å². The maximum absolute atomic E-state index is 13.7. The Bertz CT molecular complexity index is 1190. The van der Waals surface area contributed by atoms with Gasteiger partial charge in [-0.25, -0.2) is 13.2 Å². The lowest BCUT2D eigenvalue weighted by molar-refractivity contribution is 0.103. The number of alkyl halides is 2. The summed E-state index contributed by atoms with van der Waals surface area (Å²) in [5.41, 5.74) is -0.257. The molecular formula is C18H12ClF3N4O2S. The zero-order valence-electron chi connectivity index (χ0n) is 14.7. The van der Waals surface area contributed by atoms with Crippen LogP contribution in [0, 0.1) is 17.7 Å². The number of nitrogens with one attached hydrogen (secondary N) is 1. The van der Waals surface area contributed by atoms with Crippen molar-refractivity contribution >= 4 is 34.5 Å². The predicted octanol–water partition coefficient (Wildman–Crippen LogP) is 3.35. The molecule has 0 spiro atoms. The third kappa shape index (κ3) is 5.07. The van der Waals surface area contributed by atoms with Crippen LogP contribution in [0.5, 0.6) is 0 Å². The van der Waals surface area contributed by atoms with Gasteiger partial charge < -0.3 is 9.88 Å². The van der Waals surface area contributed by atoms with Gasteiger partial charge in [-0.15, -0.1) is 11.3 Å². The first-order valence-corrected chi connectivity index (χ1v) is 9.22. The number of carbonyl (C=O) groups excluding carboxylic acids is 1. The van der Waals surface area contributed by atoms with E-state index in [1.54, 1.807) is 24.1 Å². The summed E-state index contributed by atoms with van der Waals surface area (Å²) in [6.45, 7) is -0.988. The van der Waals surface area contributed by atoms with Gasteiger partial charge in [0.2, 0.25) is 0 Å². The number of aromatic nitrogens is 3. The van der Waals surface area contributed by atoms with Crippen LogP contribution < -0.4 is 10.9 Å². The van der Waals surface area contributed by atoms with Gasteiger partial charge in [0.05, 0.1) is 34.4 Å². The maximum Gasteiger partial charge on any atom is 0.286 e. The summed E-state index contributed by atoms with van der Waals surface area (Å²) in [5.74, 6) is 3.80. The number of carbonyl (C=O) groups is 1. The highest BCUT2D eigenvalue weighted by molar-refractivity contribution is 7.18. The molecule has 1 amide bonds. The molecule has 11 heteroatoms. The molecule has 0 aliphatic heterocycles. The molecule has 0 fully saturated rings. The van der Waals surface area contributed by atoms with Crippen LogP contribution in [0.2, 0.25) is 4.34 Å². The van der Waals surface area contributed by atoms with E-state index in [0.29, 0.717) is 15.7 Å². The molecule has 3 heterocycles. The van der Waals surface area contributed by atoms with Crippen LogP contribution in [-0.4, -0.2) is 26.7 Å². The van der Waals surface area contributed by atoms with Crippen molar-refractivity contribution in [2.45, 2.75) is 13.0 Å². The monoisotopic (exact) mass is 440 g/mol. The standard InChI is InChI=1S/C18H12ClF3N4O2S/c1-25-7-10(6-23-25)2-3-11-4-14(29-16(11)19)17(27)24-12-5-13(20)18(28)26(8-12)9-15(21)22/h4-8,15H,9H2,1H3,(H,24,27). The van der Waals surface area contributed by atoms with Gasteiger partial charge in [-0.05, 0) is 6.07 Å². The summed E-state index contributed by atoms with van der Waals surface area (Å²) < 4.78 is 41.1. The van der Waals surface area contributed by atoms with Gasteiger partial charge >= 0.3 is 0 Å². The molecule has 0 saturated carbocycles. The second-order valence-electron chi connectivity index (χ2n) is 5.83. The number of halogens is 4. The Morgan fingerprint density at radius 2 is 2.10 bits per heavy atom. The van der Waals surface area contributed by atoms with Gasteiger partial charge in [0, 0.05) is 25.5 Å². The van der Waals surface area contributed by atoms with Crippen molar-refractivity contribution < 1.29 is 18.0 Å². The first-order valence-electron chi connectivity index (χ1n) is 8.02. The Morgan fingerprint density at radius 3 is 2.76 bits per heavy atom. The molecule has 0 atom stereocenters. The average Bonchev–Trinajstić information content (AvgIpc) is 3.22. The zero-order valence-corrected chi connectivity index (χ0v) is 16.3. The molecule has 0 aliphatic carbocycles. The van der Waals surface area contributed by atoms with Crippen LogP contribution in [0.25, 0.3) is 0 Å². The Morgan fingerprint density at radius 1 is 1.34 bits per heavy atom. The van der Waals surface area contributed by atoms with Crippen LogP contribution in [0.3, 0.4) is 0 Å². The quantitative estimate of drug-likeness (QED) is 0.633. The van der Waals surface area contributed by atoms with Gasteiger partial charge in [0.1, 0.15) is 4.34 Å². The van der Waals surface area contributed by atoms with Crippen LogP contribution in [0.15, 0.2) is 35.5 Å². The lowest BCUT2D eigenvalue weighted by Crippen LogP contribution is -2.26. The van der Waals surface area contributed by atoms with E-state index in [4.69, 9.17) is 11.6 Å². The molecule has 0 radical (unpaired) electrons. The van der Waals surface area contributed by atoms with Gasteiger partial charge in [-0.3, -0.25) is 14.3 Å². The molecule has 3 aromatic rings. The third-order valence-corrected chi connectivity index (χ3v) is 4.95. The number of anilines is 1. The van der Waals surface area contributed by atoms with E-state index in [9.17, 15) is 22.8 Å². The molecular weight excluding hydrogens is 429 g/mol. The van der Waals surface area contributed by atoms with Crippen molar-refractivity contribution in [3.63, 3.8) is 0 Å². The fraction of sp³-hybridized carbons (Fsp3) is 0.167. The van der Waals surface area contributed by atoms with Gasteiger partial charge in [-0.2, -0.15) is 5.10 Å². The normalized spacial score (nSPS) is 10.7. The molecule has 6 nitrogen and oxygen atoms in total. The first kappa shape index (κ1) is 20.7. The summed E-state index contributed by atoms with van der Waals surface area (Å²) in [5, 5.41) is 6.35. The van der Waals surface area contributed by atoms with Gasteiger partial charge in [0.25, 0.3) is 17.9 Å². The van der Waals surface area contributed by atoms with Gasteiger partial charge in [-0.1, -0.05) is 23.4 Å². The van der Waals surface area contributed by atoms with E-state index in [0.717, 1.165) is 23.6 Å². The molecule has 3 rings (SSSR count). The number of amides is 1. The Balaban J connectivity index is 1.81. The zero-order chi connectivity index (χ0) is 21.1. The molecule has 0 saturated heterocycles. The van der Waals surface area contributed by atoms with E-state index in [1.807, 2.05) is 0 Å². The van der Waals surface area contributed by atoms with Crippen molar-refractivity contribution in [2.24, 2.45) is 7.05 Å². The lowest BCUT2D eigenvalue weighted by atomic mass is 10.2. The van der Waals surface area contributed by atoms with E-state index >= 15 is 0 Å². The fourth-order valence-electron chi connectivity index (χ4n) is 2.34. The molecule has 150 valence electrons. The molecule has 1 N–H and O–H groups in total. The largest absolute Gasteiger partial charge is 0.320 e. The molecule has 0 unspecified atom stereocenters. The second-order valence-corrected chi connectivity index (χ2v) is 7.48. The molecule has 0 bridgehead atoms. The fourth-order valence-corrected chi connectivity index (χ4v) is 3.42. The number of rotatable bonds is 4. The van der Waals surface area contributed by atoms with Crippen LogP contribution >= 0.6 is 22.9 Å². The average molecular weight is 441 g/mol. The van der Waals surface area contributed by atoms with Crippen molar-refractivity contribution in [2.75, 3.05) is 5.32 Å². The number of aryl methyl sites for hydroxylation is 1.